The monoisotopic (exact) mass is 300 g/mol. The highest BCUT2D eigenvalue weighted by molar-refractivity contribution is 6.62. The fourth-order valence-corrected chi connectivity index (χ4v) is 3.69. The van der Waals surface area contributed by atoms with Gasteiger partial charge >= 0.3 is 7.12 Å². The van der Waals surface area contributed by atoms with E-state index in [-0.39, 0.29) is 23.7 Å². The average Bonchev–Trinajstić information content (AvgIpc) is 2.58. The minimum absolute atomic E-state index is 0.250. The third kappa shape index (κ3) is 2.43. The van der Waals surface area contributed by atoms with Crippen molar-refractivity contribution in [3.05, 3.63) is 28.8 Å². The largest absolute Gasteiger partial charge is 0.495 e. The van der Waals surface area contributed by atoms with Crippen molar-refractivity contribution in [2.45, 2.75) is 84.3 Å². The van der Waals surface area contributed by atoms with Gasteiger partial charge in [-0.25, -0.2) is 0 Å². The highest BCUT2D eigenvalue weighted by Gasteiger charge is 2.52. The SMILES string of the molecule is Cc1cc2c(cc1B1OC(C)(C)C(C)(C)O1)CCCC2(C)C. The fourth-order valence-electron chi connectivity index (χ4n) is 3.69. The first kappa shape index (κ1) is 16.1. The van der Waals surface area contributed by atoms with Gasteiger partial charge in [0.05, 0.1) is 11.2 Å². The molecule has 1 aromatic rings. The molecule has 0 saturated carbocycles. The second kappa shape index (κ2) is 4.85. The number of fused-ring (bicyclic) bond motifs is 1. The van der Waals surface area contributed by atoms with E-state index >= 15 is 0 Å². The summed E-state index contributed by atoms with van der Waals surface area (Å²) in [7, 11) is -0.250. The zero-order valence-electron chi connectivity index (χ0n) is 15.2. The van der Waals surface area contributed by atoms with Gasteiger partial charge in [-0.15, -0.1) is 0 Å². The van der Waals surface area contributed by atoms with Gasteiger partial charge in [-0.3, -0.25) is 0 Å². The molecule has 0 aromatic heterocycles. The van der Waals surface area contributed by atoms with Gasteiger partial charge in [-0.2, -0.15) is 0 Å². The standard InChI is InChI=1S/C19H29BO2/c1-13-11-15-14(9-8-10-17(15,2)3)12-16(13)20-21-18(4,5)19(6,7)22-20/h11-12H,8-10H2,1-7H3. The highest BCUT2D eigenvalue weighted by atomic mass is 16.7. The zero-order valence-corrected chi connectivity index (χ0v) is 15.2. The molecule has 2 nitrogen and oxygen atoms in total. The Morgan fingerprint density at radius 2 is 1.55 bits per heavy atom. The summed E-state index contributed by atoms with van der Waals surface area (Å²) in [5.41, 5.74) is 5.20. The van der Waals surface area contributed by atoms with Gasteiger partial charge in [0.1, 0.15) is 0 Å². The summed E-state index contributed by atoms with van der Waals surface area (Å²) in [6.07, 6.45) is 3.71. The van der Waals surface area contributed by atoms with Gasteiger partial charge < -0.3 is 9.31 Å². The lowest BCUT2D eigenvalue weighted by atomic mass is 9.68. The second-order valence-electron chi connectivity index (χ2n) is 8.69. The third-order valence-corrected chi connectivity index (χ3v) is 5.98. The predicted molar refractivity (Wildman–Crippen MR) is 92.9 cm³/mol. The molecule has 22 heavy (non-hydrogen) atoms. The molecule has 1 fully saturated rings. The van der Waals surface area contributed by atoms with Gasteiger partial charge in [-0.1, -0.05) is 31.5 Å². The number of benzene rings is 1. The van der Waals surface area contributed by atoms with Crippen LogP contribution < -0.4 is 5.46 Å². The summed E-state index contributed by atoms with van der Waals surface area (Å²) < 4.78 is 12.5. The zero-order chi connectivity index (χ0) is 16.3. The molecule has 120 valence electrons. The van der Waals surface area contributed by atoms with Crippen LogP contribution in [0.25, 0.3) is 0 Å². The Hall–Kier alpha value is -0.795. The molecule has 1 aromatic carbocycles. The maximum Gasteiger partial charge on any atom is 0.495 e. The Labute approximate surface area is 135 Å². The van der Waals surface area contributed by atoms with Gasteiger partial charge in [0.25, 0.3) is 0 Å². The molecule has 0 radical (unpaired) electrons. The van der Waals surface area contributed by atoms with Crippen molar-refractivity contribution in [3.63, 3.8) is 0 Å². The summed E-state index contributed by atoms with van der Waals surface area (Å²) in [6.45, 7) is 15.4. The van der Waals surface area contributed by atoms with Crippen LogP contribution in [0.1, 0.15) is 71.1 Å². The summed E-state index contributed by atoms with van der Waals surface area (Å²) in [6, 6.07) is 4.71. The van der Waals surface area contributed by atoms with E-state index in [1.165, 1.54) is 41.4 Å². The Kier molecular flexibility index (Phi) is 3.54. The lowest BCUT2D eigenvalue weighted by Crippen LogP contribution is -2.41. The quantitative estimate of drug-likeness (QED) is 0.732. The van der Waals surface area contributed by atoms with E-state index in [0.717, 1.165) is 0 Å². The molecule has 0 bridgehead atoms. The Morgan fingerprint density at radius 1 is 0.955 bits per heavy atom. The Bertz CT molecular complexity index is 586. The molecule has 1 aliphatic heterocycles. The number of aryl methyl sites for hydroxylation is 2. The van der Waals surface area contributed by atoms with Crippen LogP contribution in [-0.4, -0.2) is 18.3 Å². The summed E-state index contributed by atoms with van der Waals surface area (Å²) in [5.74, 6) is 0. The first-order valence-electron chi connectivity index (χ1n) is 8.53. The van der Waals surface area contributed by atoms with Crippen LogP contribution in [0.2, 0.25) is 0 Å². The van der Waals surface area contributed by atoms with Gasteiger partial charge in [0, 0.05) is 0 Å². The Morgan fingerprint density at radius 3 is 2.14 bits per heavy atom. The maximum atomic E-state index is 6.25. The molecule has 1 saturated heterocycles. The second-order valence-corrected chi connectivity index (χ2v) is 8.69. The molecule has 3 heteroatoms. The minimum atomic E-state index is -0.278. The average molecular weight is 300 g/mol. The van der Waals surface area contributed by atoms with Crippen LogP contribution in [0.5, 0.6) is 0 Å². The van der Waals surface area contributed by atoms with E-state index in [9.17, 15) is 0 Å². The van der Waals surface area contributed by atoms with Crippen LogP contribution in [0.3, 0.4) is 0 Å². The maximum absolute atomic E-state index is 6.25. The predicted octanol–water partition coefficient (Wildman–Crippen LogP) is 3.91. The van der Waals surface area contributed by atoms with Crippen molar-refractivity contribution in [2.24, 2.45) is 0 Å². The number of rotatable bonds is 1. The highest BCUT2D eigenvalue weighted by Crippen LogP contribution is 2.39. The summed E-state index contributed by atoms with van der Waals surface area (Å²) in [5, 5.41) is 0. The molecule has 0 amide bonds. The molecule has 2 aliphatic rings. The van der Waals surface area contributed by atoms with E-state index < -0.39 is 0 Å². The van der Waals surface area contributed by atoms with Crippen molar-refractivity contribution < 1.29 is 9.31 Å². The number of hydrogen-bond acceptors (Lipinski definition) is 2. The van der Waals surface area contributed by atoms with Crippen molar-refractivity contribution >= 4 is 12.6 Å². The fraction of sp³-hybridized carbons (Fsp3) is 0.684. The van der Waals surface area contributed by atoms with E-state index in [1.807, 2.05) is 0 Å². The van der Waals surface area contributed by atoms with E-state index in [4.69, 9.17) is 9.31 Å². The van der Waals surface area contributed by atoms with Crippen LogP contribution >= 0.6 is 0 Å². The smallest absolute Gasteiger partial charge is 0.399 e. The molecular weight excluding hydrogens is 271 g/mol. The van der Waals surface area contributed by atoms with Crippen molar-refractivity contribution in [1.82, 2.24) is 0 Å². The lowest BCUT2D eigenvalue weighted by Gasteiger charge is -2.33. The number of hydrogen-bond donors (Lipinski definition) is 0. The van der Waals surface area contributed by atoms with Crippen LogP contribution in [0, 0.1) is 6.92 Å². The van der Waals surface area contributed by atoms with Crippen molar-refractivity contribution in [2.75, 3.05) is 0 Å². The molecule has 1 heterocycles. The minimum Gasteiger partial charge on any atom is -0.399 e. The lowest BCUT2D eigenvalue weighted by molar-refractivity contribution is 0.00578. The molecule has 0 unspecified atom stereocenters. The van der Waals surface area contributed by atoms with Crippen molar-refractivity contribution in [1.29, 1.82) is 0 Å². The Balaban J connectivity index is 2.01. The summed E-state index contributed by atoms with van der Waals surface area (Å²) in [4.78, 5) is 0. The van der Waals surface area contributed by atoms with Crippen molar-refractivity contribution in [3.8, 4) is 0 Å². The van der Waals surface area contributed by atoms with Gasteiger partial charge in [0.15, 0.2) is 0 Å². The first-order valence-corrected chi connectivity index (χ1v) is 8.53. The molecular formula is C19H29BO2. The van der Waals surface area contributed by atoms with Crippen LogP contribution in [0.4, 0.5) is 0 Å². The first-order chi connectivity index (χ1) is 10.0. The molecule has 3 rings (SSSR count). The van der Waals surface area contributed by atoms with Gasteiger partial charge in [0.2, 0.25) is 0 Å². The van der Waals surface area contributed by atoms with Gasteiger partial charge in [-0.05, 0) is 75.9 Å². The normalized spacial score (nSPS) is 25.1. The van der Waals surface area contributed by atoms with E-state index in [0.29, 0.717) is 0 Å². The van der Waals surface area contributed by atoms with E-state index in [2.05, 4.69) is 60.6 Å². The van der Waals surface area contributed by atoms with E-state index in [1.54, 1.807) is 0 Å². The molecule has 0 spiro atoms. The molecule has 1 aliphatic carbocycles. The van der Waals surface area contributed by atoms with Crippen LogP contribution in [-0.2, 0) is 21.1 Å². The molecule has 0 N–H and O–H groups in total. The van der Waals surface area contributed by atoms with Crippen LogP contribution in [0.15, 0.2) is 12.1 Å². The third-order valence-electron chi connectivity index (χ3n) is 5.98. The molecule has 0 atom stereocenters. The summed E-state index contributed by atoms with van der Waals surface area (Å²) >= 11 is 0. The topological polar surface area (TPSA) is 18.5 Å².